The number of aryl methyl sites for hydroxylation is 1. The van der Waals surface area contributed by atoms with E-state index in [2.05, 4.69) is 47.0 Å². The predicted molar refractivity (Wildman–Crippen MR) is 78.0 cm³/mol. The quantitative estimate of drug-likeness (QED) is 0.856. The van der Waals surface area contributed by atoms with E-state index in [1.165, 1.54) is 16.8 Å². The first-order valence-electron chi connectivity index (χ1n) is 6.47. The molecule has 0 saturated carbocycles. The van der Waals surface area contributed by atoms with Crippen LogP contribution in [0.15, 0.2) is 35.2 Å². The zero-order chi connectivity index (χ0) is 12.8. The fourth-order valence-corrected chi connectivity index (χ4v) is 2.77. The summed E-state index contributed by atoms with van der Waals surface area (Å²) in [4.78, 5) is 4.55. The molecule has 1 atom stereocenters. The molecule has 1 N–H and O–H groups in total. The third kappa shape index (κ3) is 3.40. The van der Waals surface area contributed by atoms with Crippen LogP contribution in [0.1, 0.15) is 36.2 Å². The SMILES string of the molecule is CCCNC(Cc1ccsc1)c1ncccc1C. The fourth-order valence-electron chi connectivity index (χ4n) is 2.09. The molecule has 2 rings (SSSR count). The summed E-state index contributed by atoms with van der Waals surface area (Å²) in [6.07, 6.45) is 4.05. The van der Waals surface area contributed by atoms with Gasteiger partial charge in [-0.05, 0) is 60.3 Å². The highest BCUT2D eigenvalue weighted by atomic mass is 32.1. The molecular formula is C15H20N2S. The van der Waals surface area contributed by atoms with Crippen LogP contribution < -0.4 is 5.32 Å². The van der Waals surface area contributed by atoms with Crippen molar-refractivity contribution in [1.82, 2.24) is 10.3 Å². The van der Waals surface area contributed by atoms with Gasteiger partial charge in [0, 0.05) is 6.20 Å². The molecule has 0 spiro atoms. The Labute approximate surface area is 113 Å². The predicted octanol–water partition coefficient (Wildman–Crippen LogP) is 3.73. The minimum atomic E-state index is 0.320. The van der Waals surface area contributed by atoms with Crippen LogP contribution in [0.4, 0.5) is 0 Å². The van der Waals surface area contributed by atoms with E-state index in [0.29, 0.717) is 6.04 Å². The minimum absolute atomic E-state index is 0.320. The van der Waals surface area contributed by atoms with Gasteiger partial charge < -0.3 is 5.32 Å². The first-order chi connectivity index (χ1) is 8.81. The average Bonchev–Trinajstić information content (AvgIpc) is 2.88. The summed E-state index contributed by atoms with van der Waals surface area (Å²) in [5.74, 6) is 0. The Hall–Kier alpha value is -1.19. The molecule has 1 unspecified atom stereocenters. The molecular weight excluding hydrogens is 240 g/mol. The molecule has 2 nitrogen and oxygen atoms in total. The molecule has 0 radical (unpaired) electrons. The minimum Gasteiger partial charge on any atom is -0.308 e. The zero-order valence-corrected chi connectivity index (χ0v) is 11.8. The van der Waals surface area contributed by atoms with Crippen LogP contribution in [0, 0.1) is 6.92 Å². The molecule has 0 aliphatic carbocycles. The molecule has 96 valence electrons. The number of nitrogens with zero attached hydrogens (tertiary/aromatic N) is 1. The standard InChI is InChI=1S/C15H20N2S/c1-3-7-16-14(10-13-6-9-18-11-13)15-12(2)5-4-8-17-15/h4-6,8-9,11,14,16H,3,7,10H2,1-2H3. The number of hydrogen-bond acceptors (Lipinski definition) is 3. The Morgan fingerprint density at radius 2 is 2.28 bits per heavy atom. The van der Waals surface area contributed by atoms with Gasteiger partial charge in [0.15, 0.2) is 0 Å². The normalized spacial score (nSPS) is 12.6. The van der Waals surface area contributed by atoms with Crippen LogP contribution in [-0.4, -0.2) is 11.5 Å². The van der Waals surface area contributed by atoms with E-state index < -0.39 is 0 Å². The Kier molecular flexibility index (Phi) is 4.90. The molecule has 0 saturated heterocycles. The molecule has 3 heteroatoms. The van der Waals surface area contributed by atoms with Crippen molar-refractivity contribution in [3.63, 3.8) is 0 Å². The maximum Gasteiger partial charge on any atom is 0.0605 e. The van der Waals surface area contributed by atoms with Gasteiger partial charge in [0.2, 0.25) is 0 Å². The Balaban J connectivity index is 2.16. The number of thiophene rings is 1. The lowest BCUT2D eigenvalue weighted by molar-refractivity contribution is 0.516. The Bertz CT molecular complexity index is 465. The molecule has 2 heterocycles. The van der Waals surface area contributed by atoms with Crippen molar-refractivity contribution >= 4 is 11.3 Å². The maximum atomic E-state index is 4.55. The summed E-state index contributed by atoms with van der Waals surface area (Å²) in [6.45, 7) is 5.36. The van der Waals surface area contributed by atoms with Crippen LogP contribution in [0.25, 0.3) is 0 Å². The summed E-state index contributed by atoms with van der Waals surface area (Å²) in [6, 6.07) is 6.65. The van der Waals surface area contributed by atoms with Crippen LogP contribution in [0.5, 0.6) is 0 Å². The maximum absolute atomic E-state index is 4.55. The van der Waals surface area contributed by atoms with Crippen molar-refractivity contribution in [2.45, 2.75) is 32.7 Å². The summed E-state index contributed by atoms with van der Waals surface area (Å²) in [7, 11) is 0. The van der Waals surface area contributed by atoms with Gasteiger partial charge in [-0.25, -0.2) is 0 Å². The number of nitrogens with one attached hydrogen (secondary N) is 1. The van der Waals surface area contributed by atoms with Crippen molar-refractivity contribution < 1.29 is 0 Å². The number of aromatic nitrogens is 1. The van der Waals surface area contributed by atoms with Gasteiger partial charge in [-0.1, -0.05) is 13.0 Å². The topological polar surface area (TPSA) is 24.9 Å². The van der Waals surface area contributed by atoms with Crippen LogP contribution >= 0.6 is 11.3 Å². The van der Waals surface area contributed by atoms with E-state index in [9.17, 15) is 0 Å². The monoisotopic (exact) mass is 260 g/mol. The van der Waals surface area contributed by atoms with Crippen molar-refractivity contribution in [3.05, 3.63) is 52.0 Å². The smallest absolute Gasteiger partial charge is 0.0605 e. The molecule has 18 heavy (non-hydrogen) atoms. The summed E-state index contributed by atoms with van der Waals surface area (Å²) in [5, 5.41) is 7.96. The van der Waals surface area contributed by atoms with Crippen LogP contribution in [-0.2, 0) is 6.42 Å². The van der Waals surface area contributed by atoms with Crippen LogP contribution in [0.2, 0.25) is 0 Å². The van der Waals surface area contributed by atoms with Gasteiger partial charge in [0.1, 0.15) is 0 Å². The third-order valence-corrected chi connectivity index (χ3v) is 3.77. The largest absolute Gasteiger partial charge is 0.308 e. The molecule has 0 amide bonds. The third-order valence-electron chi connectivity index (χ3n) is 3.04. The molecule has 0 aliphatic heterocycles. The van der Waals surface area contributed by atoms with Gasteiger partial charge in [-0.3, -0.25) is 4.98 Å². The Morgan fingerprint density at radius 3 is 2.94 bits per heavy atom. The van der Waals surface area contributed by atoms with Gasteiger partial charge in [0.25, 0.3) is 0 Å². The van der Waals surface area contributed by atoms with E-state index in [4.69, 9.17) is 0 Å². The molecule has 0 aliphatic rings. The lowest BCUT2D eigenvalue weighted by Gasteiger charge is -2.19. The van der Waals surface area contributed by atoms with E-state index in [-0.39, 0.29) is 0 Å². The summed E-state index contributed by atoms with van der Waals surface area (Å²) in [5.41, 5.74) is 3.83. The van der Waals surface area contributed by atoms with Crippen molar-refractivity contribution in [1.29, 1.82) is 0 Å². The van der Waals surface area contributed by atoms with Crippen molar-refractivity contribution in [2.24, 2.45) is 0 Å². The highest BCUT2D eigenvalue weighted by Crippen LogP contribution is 2.20. The van der Waals surface area contributed by atoms with Gasteiger partial charge in [-0.15, -0.1) is 0 Å². The molecule has 0 aromatic carbocycles. The molecule has 0 fully saturated rings. The van der Waals surface area contributed by atoms with Gasteiger partial charge in [0.05, 0.1) is 11.7 Å². The molecule has 2 aromatic heterocycles. The zero-order valence-electron chi connectivity index (χ0n) is 11.0. The fraction of sp³-hybridized carbons (Fsp3) is 0.400. The average molecular weight is 260 g/mol. The number of rotatable bonds is 6. The van der Waals surface area contributed by atoms with E-state index in [0.717, 1.165) is 19.4 Å². The van der Waals surface area contributed by atoms with E-state index in [1.54, 1.807) is 11.3 Å². The first kappa shape index (κ1) is 13.2. The van der Waals surface area contributed by atoms with Gasteiger partial charge in [-0.2, -0.15) is 11.3 Å². The van der Waals surface area contributed by atoms with Crippen LogP contribution in [0.3, 0.4) is 0 Å². The number of hydrogen-bond donors (Lipinski definition) is 1. The van der Waals surface area contributed by atoms with Crippen molar-refractivity contribution in [2.75, 3.05) is 6.54 Å². The lowest BCUT2D eigenvalue weighted by Crippen LogP contribution is -2.25. The number of pyridine rings is 1. The van der Waals surface area contributed by atoms with E-state index >= 15 is 0 Å². The second-order valence-corrected chi connectivity index (χ2v) is 5.33. The second kappa shape index (κ2) is 6.66. The van der Waals surface area contributed by atoms with E-state index in [1.807, 2.05) is 12.3 Å². The first-order valence-corrected chi connectivity index (χ1v) is 7.41. The second-order valence-electron chi connectivity index (χ2n) is 4.55. The highest BCUT2D eigenvalue weighted by molar-refractivity contribution is 7.07. The van der Waals surface area contributed by atoms with Crippen molar-refractivity contribution in [3.8, 4) is 0 Å². The molecule has 2 aromatic rings. The van der Waals surface area contributed by atoms with Gasteiger partial charge >= 0.3 is 0 Å². The highest BCUT2D eigenvalue weighted by Gasteiger charge is 2.15. The summed E-state index contributed by atoms with van der Waals surface area (Å²) >= 11 is 1.76. The Morgan fingerprint density at radius 1 is 1.39 bits per heavy atom. The lowest BCUT2D eigenvalue weighted by atomic mass is 10.0. The molecule has 0 bridgehead atoms. The summed E-state index contributed by atoms with van der Waals surface area (Å²) < 4.78 is 0.